The number of amides is 1. The van der Waals surface area contributed by atoms with Gasteiger partial charge in [-0.2, -0.15) is 0 Å². The summed E-state index contributed by atoms with van der Waals surface area (Å²) in [5.41, 5.74) is 0.0339. The summed E-state index contributed by atoms with van der Waals surface area (Å²) < 4.78 is 19.6. The van der Waals surface area contributed by atoms with Crippen molar-refractivity contribution in [2.75, 3.05) is 33.3 Å². The maximum atomic E-state index is 13.6. The lowest BCUT2D eigenvalue weighted by molar-refractivity contribution is -0.0175. The normalized spacial score (nSPS) is 20.3. The van der Waals surface area contributed by atoms with Crippen LogP contribution in [0.1, 0.15) is 10.4 Å². The Bertz CT molecular complexity index is 450. The highest BCUT2D eigenvalue weighted by Gasteiger charge is 2.20. The molecular weight excluding hydrogens is 315 g/mol. The number of ether oxygens (including phenoxy) is 1. The van der Waals surface area contributed by atoms with Gasteiger partial charge in [-0.15, -0.1) is 0 Å². The highest BCUT2D eigenvalue weighted by molar-refractivity contribution is 9.10. The first-order chi connectivity index (χ1) is 9.08. The smallest absolute Gasteiger partial charge is 0.255 e. The number of likely N-dealkylation sites (N-methyl/N-ethyl adjacent to an activating group) is 1. The molecule has 1 unspecified atom stereocenters. The Morgan fingerprint density at radius 3 is 3.11 bits per heavy atom. The van der Waals surface area contributed by atoms with Gasteiger partial charge in [0.1, 0.15) is 5.82 Å². The van der Waals surface area contributed by atoms with Gasteiger partial charge in [-0.05, 0) is 35.1 Å². The van der Waals surface area contributed by atoms with Crippen molar-refractivity contribution < 1.29 is 13.9 Å². The second-order valence-electron chi connectivity index (χ2n) is 4.56. The molecular formula is C13H16BrFN2O2. The minimum atomic E-state index is -0.534. The molecule has 6 heteroatoms. The van der Waals surface area contributed by atoms with Crippen LogP contribution in [0.3, 0.4) is 0 Å². The summed E-state index contributed by atoms with van der Waals surface area (Å²) in [4.78, 5) is 14.1. The first-order valence-corrected chi connectivity index (χ1v) is 6.89. The molecule has 1 atom stereocenters. The van der Waals surface area contributed by atoms with Crippen LogP contribution in [0.25, 0.3) is 0 Å². The molecule has 2 rings (SSSR count). The topological polar surface area (TPSA) is 41.6 Å². The summed E-state index contributed by atoms with van der Waals surface area (Å²) in [7, 11) is 2.00. The van der Waals surface area contributed by atoms with E-state index in [1.165, 1.54) is 6.07 Å². The molecule has 1 aromatic rings. The van der Waals surface area contributed by atoms with Gasteiger partial charge in [0.2, 0.25) is 0 Å². The van der Waals surface area contributed by atoms with Crippen LogP contribution in [-0.4, -0.2) is 50.2 Å². The van der Waals surface area contributed by atoms with Gasteiger partial charge < -0.3 is 15.0 Å². The number of hydrogen-bond acceptors (Lipinski definition) is 3. The van der Waals surface area contributed by atoms with Crippen molar-refractivity contribution in [1.82, 2.24) is 10.2 Å². The summed E-state index contributed by atoms with van der Waals surface area (Å²) >= 11 is 3.18. The molecule has 19 heavy (non-hydrogen) atoms. The summed E-state index contributed by atoms with van der Waals surface area (Å²) in [6.45, 7) is 2.69. The molecule has 0 saturated carbocycles. The number of carbonyl (C=O) groups excluding carboxylic acids is 1. The van der Waals surface area contributed by atoms with Gasteiger partial charge in [0.25, 0.3) is 5.91 Å². The van der Waals surface area contributed by atoms with E-state index in [-0.39, 0.29) is 11.7 Å². The Kier molecular flexibility index (Phi) is 4.90. The number of benzene rings is 1. The molecule has 0 aliphatic carbocycles. The zero-order chi connectivity index (χ0) is 13.8. The van der Waals surface area contributed by atoms with E-state index in [9.17, 15) is 9.18 Å². The van der Waals surface area contributed by atoms with Crippen LogP contribution in [0.4, 0.5) is 4.39 Å². The molecule has 4 nitrogen and oxygen atoms in total. The molecule has 0 aromatic heterocycles. The van der Waals surface area contributed by atoms with E-state index in [4.69, 9.17) is 4.74 Å². The zero-order valence-corrected chi connectivity index (χ0v) is 12.2. The van der Waals surface area contributed by atoms with E-state index in [1.807, 2.05) is 7.05 Å². The molecule has 1 aliphatic rings. The predicted octanol–water partition coefficient (Wildman–Crippen LogP) is 1.65. The van der Waals surface area contributed by atoms with Crippen LogP contribution in [0.5, 0.6) is 0 Å². The first kappa shape index (κ1) is 14.4. The lowest BCUT2D eigenvalue weighted by Gasteiger charge is -2.30. The molecule has 0 radical (unpaired) electrons. The van der Waals surface area contributed by atoms with Crippen LogP contribution in [0.15, 0.2) is 22.7 Å². The molecule has 0 spiro atoms. The van der Waals surface area contributed by atoms with Gasteiger partial charge in [0.05, 0.1) is 18.3 Å². The van der Waals surface area contributed by atoms with Crippen molar-refractivity contribution in [2.45, 2.75) is 6.10 Å². The fourth-order valence-corrected chi connectivity index (χ4v) is 2.52. The quantitative estimate of drug-likeness (QED) is 0.916. The van der Waals surface area contributed by atoms with Crippen LogP contribution in [0, 0.1) is 5.82 Å². The minimum absolute atomic E-state index is 0.0339. The van der Waals surface area contributed by atoms with Crippen LogP contribution < -0.4 is 5.32 Å². The lowest BCUT2D eigenvalue weighted by Crippen LogP contribution is -2.46. The standard InChI is InChI=1S/C13H16BrFN2O2/c1-17-5-6-19-9(8-17)7-16-13(18)12-10(14)3-2-4-11(12)15/h2-4,9H,5-8H2,1H3,(H,16,18). The van der Waals surface area contributed by atoms with Crippen LogP contribution in [-0.2, 0) is 4.74 Å². The molecule has 104 valence electrons. The fourth-order valence-electron chi connectivity index (χ4n) is 2.00. The maximum Gasteiger partial charge on any atom is 0.255 e. The van der Waals surface area contributed by atoms with Crippen molar-refractivity contribution in [1.29, 1.82) is 0 Å². The van der Waals surface area contributed by atoms with E-state index >= 15 is 0 Å². The second kappa shape index (κ2) is 6.45. The van der Waals surface area contributed by atoms with Gasteiger partial charge in [0.15, 0.2) is 0 Å². The van der Waals surface area contributed by atoms with Crippen molar-refractivity contribution in [3.05, 3.63) is 34.1 Å². The van der Waals surface area contributed by atoms with E-state index < -0.39 is 11.7 Å². The lowest BCUT2D eigenvalue weighted by atomic mass is 10.2. The number of nitrogens with zero attached hydrogens (tertiary/aromatic N) is 1. The molecule has 1 amide bonds. The molecule has 0 bridgehead atoms. The molecule has 1 saturated heterocycles. The third kappa shape index (κ3) is 3.75. The molecule has 1 heterocycles. The number of rotatable bonds is 3. The third-order valence-electron chi connectivity index (χ3n) is 3.02. The minimum Gasteiger partial charge on any atom is -0.374 e. The summed E-state index contributed by atoms with van der Waals surface area (Å²) in [6.07, 6.45) is -0.0479. The third-order valence-corrected chi connectivity index (χ3v) is 3.68. The molecule has 1 aliphatic heterocycles. The summed E-state index contributed by atoms with van der Waals surface area (Å²) in [5, 5.41) is 2.71. The highest BCUT2D eigenvalue weighted by atomic mass is 79.9. The number of morpholine rings is 1. The highest BCUT2D eigenvalue weighted by Crippen LogP contribution is 2.19. The monoisotopic (exact) mass is 330 g/mol. The van der Waals surface area contributed by atoms with Crippen LogP contribution >= 0.6 is 15.9 Å². The van der Waals surface area contributed by atoms with E-state index in [0.29, 0.717) is 17.6 Å². The average molecular weight is 331 g/mol. The fraction of sp³-hybridized carbons (Fsp3) is 0.462. The summed E-state index contributed by atoms with van der Waals surface area (Å²) in [6, 6.07) is 4.46. The van der Waals surface area contributed by atoms with Gasteiger partial charge in [-0.1, -0.05) is 6.07 Å². The molecule has 1 fully saturated rings. The second-order valence-corrected chi connectivity index (χ2v) is 5.42. The Balaban J connectivity index is 1.94. The van der Waals surface area contributed by atoms with E-state index in [1.54, 1.807) is 12.1 Å². The average Bonchev–Trinajstić information content (AvgIpc) is 2.36. The Morgan fingerprint density at radius 2 is 2.42 bits per heavy atom. The van der Waals surface area contributed by atoms with Gasteiger partial charge >= 0.3 is 0 Å². The predicted molar refractivity (Wildman–Crippen MR) is 73.7 cm³/mol. The number of hydrogen-bond donors (Lipinski definition) is 1. The zero-order valence-electron chi connectivity index (χ0n) is 10.7. The summed E-state index contributed by atoms with van der Waals surface area (Å²) in [5.74, 6) is -0.963. The molecule has 1 aromatic carbocycles. The van der Waals surface area contributed by atoms with Crippen molar-refractivity contribution in [3.63, 3.8) is 0 Å². The Hall–Kier alpha value is -0.980. The van der Waals surface area contributed by atoms with Gasteiger partial charge in [-0.25, -0.2) is 4.39 Å². The Morgan fingerprint density at radius 1 is 1.63 bits per heavy atom. The number of halogens is 2. The van der Waals surface area contributed by atoms with Gasteiger partial charge in [0, 0.05) is 24.1 Å². The van der Waals surface area contributed by atoms with E-state index in [2.05, 4.69) is 26.1 Å². The Labute approximate surface area is 120 Å². The number of nitrogens with one attached hydrogen (secondary N) is 1. The largest absolute Gasteiger partial charge is 0.374 e. The first-order valence-electron chi connectivity index (χ1n) is 6.10. The van der Waals surface area contributed by atoms with Crippen LogP contribution in [0.2, 0.25) is 0 Å². The van der Waals surface area contributed by atoms with Gasteiger partial charge in [-0.3, -0.25) is 4.79 Å². The SMILES string of the molecule is CN1CCOC(CNC(=O)c2c(F)cccc2Br)C1. The van der Waals surface area contributed by atoms with Crippen molar-refractivity contribution in [3.8, 4) is 0 Å². The van der Waals surface area contributed by atoms with E-state index in [0.717, 1.165) is 13.1 Å². The van der Waals surface area contributed by atoms with Crippen molar-refractivity contribution in [2.24, 2.45) is 0 Å². The number of carbonyl (C=O) groups is 1. The molecule has 1 N–H and O–H groups in total. The maximum absolute atomic E-state index is 13.6. The van der Waals surface area contributed by atoms with Crippen molar-refractivity contribution >= 4 is 21.8 Å².